The Labute approximate surface area is 148 Å². The lowest BCUT2D eigenvalue weighted by Crippen LogP contribution is -2.06. The number of halogens is 1. The molecule has 2 rings (SSSR count). The van der Waals surface area contributed by atoms with Gasteiger partial charge in [-0.3, -0.25) is 4.79 Å². The van der Waals surface area contributed by atoms with Crippen LogP contribution in [-0.2, 0) is 11.2 Å². The van der Waals surface area contributed by atoms with Crippen LogP contribution in [0.2, 0.25) is 0 Å². The van der Waals surface area contributed by atoms with Crippen LogP contribution >= 0.6 is 15.9 Å². The van der Waals surface area contributed by atoms with Crippen molar-refractivity contribution < 1.29 is 24.6 Å². The number of rotatable bonds is 4. The Kier molecular flexibility index (Phi) is 7.32. The zero-order valence-corrected chi connectivity index (χ0v) is 14.8. The van der Waals surface area contributed by atoms with Crippen LogP contribution < -0.4 is 0 Å². The SMILES string of the molecule is CC(=O)Cc1ccc(Br)cc1.Cc1c(C(=O)O)cccc1C(=O)O. The van der Waals surface area contributed by atoms with Crippen molar-refractivity contribution in [1.82, 2.24) is 0 Å². The topological polar surface area (TPSA) is 91.7 Å². The largest absolute Gasteiger partial charge is 0.478 e. The molecule has 6 heteroatoms. The van der Waals surface area contributed by atoms with Crippen molar-refractivity contribution in [1.29, 1.82) is 0 Å². The van der Waals surface area contributed by atoms with E-state index >= 15 is 0 Å². The molecule has 126 valence electrons. The highest BCUT2D eigenvalue weighted by molar-refractivity contribution is 9.10. The summed E-state index contributed by atoms with van der Waals surface area (Å²) in [5.74, 6) is -2.02. The highest BCUT2D eigenvalue weighted by Crippen LogP contribution is 2.13. The van der Waals surface area contributed by atoms with E-state index < -0.39 is 11.9 Å². The molecule has 0 aliphatic rings. The van der Waals surface area contributed by atoms with Crippen LogP contribution in [0.4, 0.5) is 0 Å². The van der Waals surface area contributed by atoms with Gasteiger partial charge < -0.3 is 10.2 Å². The van der Waals surface area contributed by atoms with Crippen molar-refractivity contribution in [3.8, 4) is 0 Å². The second kappa shape index (κ2) is 8.98. The van der Waals surface area contributed by atoms with Crippen LogP contribution in [0.15, 0.2) is 46.9 Å². The average molecular weight is 393 g/mol. The van der Waals surface area contributed by atoms with Gasteiger partial charge in [-0.2, -0.15) is 0 Å². The molecule has 2 aromatic rings. The lowest BCUT2D eigenvalue weighted by Gasteiger charge is -2.03. The van der Waals surface area contributed by atoms with Crippen molar-refractivity contribution in [2.24, 2.45) is 0 Å². The van der Waals surface area contributed by atoms with Gasteiger partial charge in [-0.15, -0.1) is 0 Å². The Morgan fingerprint density at radius 1 is 0.917 bits per heavy atom. The minimum absolute atomic E-state index is 0.0277. The molecule has 0 fully saturated rings. The molecule has 0 bridgehead atoms. The molecule has 0 atom stereocenters. The monoisotopic (exact) mass is 392 g/mol. The number of carbonyl (C=O) groups excluding carboxylic acids is 1. The van der Waals surface area contributed by atoms with Crippen molar-refractivity contribution in [2.75, 3.05) is 0 Å². The summed E-state index contributed by atoms with van der Waals surface area (Å²) in [6.45, 7) is 3.08. The Morgan fingerprint density at radius 3 is 1.75 bits per heavy atom. The molecule has 0 aliphatic heterocycles. The maximum absolute atomic E-state index is 10.7. The van der Waals surface area contributed by atoms with E-state index in [1.165, 1.54) is 25.1 Å². The Bertz CT molecular complexity index is 718. The number of aromatic carboxylic acids is 2. The average Bonchev–Trinajstić information content (AvgIpc) is 2.49. The lowest BCUT2D eigenvalue weighted by atomic mass is 10.0. The van der Waals surface area contributed by atoms with Gasteiger partial charge in [-0.25, -0.2) is 9.59 Å². The van der Waals surface area contributed by atoms with Gasteiger partial charge in [0.05, 0.1) is 11.1 Å². The van der Waals surface area contributed by atoms with Gasteiger partial charge >= 0.3 is 11.9 Å². The first-order valence-corrected chi connectivity index (χ1v) is 7.81. The molecular formula is C18H17BrO5. The van der Waals surface area contributed by atoms with Crippen LogP contribution in [0, 0.1) is 6.92 Å². The lowest BCUT2D eigenvalue weighted by molar-refractivity contribution is -0.116. The van der Waals surface area contributed by atoms with E-state index in [0.29, 0.717) is 6.42 Å². The molecule has 0 radical (unpaired) electrons. The summed E-state index contributed by atoms with van der Waals surface area (Å²) in [4.78, 5) is 31.9. The van der Waals surface area contributed by atoms with Gasteiger partial charge in [0, 0.05) is 10.9 Å². The summed E-state index contributed by atoms with van der Waals surface area (Å²) >= 11 is 3.33. The molecular weight excluding hydrogens is 376 g/mol. The molecule has 0 spiro atoms. The van der Waals surface area contributed by atoms with Crippen LogP contribution in [0.25, 0.3) is 0 Å². The number of carbonyl (C=O) groups is 3. The molecule has 0 amide bonds. The molecule has 2 N–H and O–H groups in total. The maximum atomic E-state index is 10.7. The minimum Gasteiger partial charge on any atom is -0.478 e. The fourth-order valence-electron chi connectivity index (χ4n) is 1.99. The molecule has 2 aromatic carbocycles. The van der Waals surface area contributed by atoms with E-state index in [0.717, 1.165) is 10.0 Å². The van der Waals surface area contributed by atoms with Gasteiger partial charge in [0.25, 0.3) is 0 Å². The molecule has 0 aliphatic carbocycles. The van der Waals surface area contributed by atoms with Gasteiger partial charge in [-0.05, 0) is 49.2 Å². The second-order valence-electron chi connectivity index (χ2n) is 5.09. The third-order valence-electron chi connectivity index (χ3n) is 3.16. The zero-order valence-electron chi connectivity index (χ0n) is 13.2. The van der Waals surface area contributed by atoms with E-state index in [1.807, 2.05) is 24.3 Å². The first-order valence-electron chi connectivity index (χ1n) is 7.02. The highest BCUT2D eigenvalue weighted by atomic mass is 79.9. The number of hydrogen-bond donors (Lipinski definition) is 2. The van der Waals surface area contributed by atoms with Gasteiger partial charge in [0.15, 0.2) is 0 Å². The van der Waals surface area contributed by atoms with E-state index in [1.54, 1.807) is 6.92 Å². The van der Waals surface area contributed by atoms with Crippen molar-refractivity contribution >= 4 is 33.7 Å². The fraction of sp³-hybridized carbons (Fsp3) is 0.167. The number of hydrogen-bond acceptors (Lipinski definition) is 3. The Morgan fingerprint density at radius 2 is 1.38 bits per heavy atom. The van der Waals surface area contributed by atoms with Gasteiger partial charge in [-0.1, -0.05) is 34.1 Å². The van der Waals surface area contributed by atoms with Gasteiger partial charge in [0.1, 0.15) is 5.78 Å². The first-order chi connectivity index (χ1) is 11.2. The summed E-state index contributed by atoms with van der Waals surface area (Å²) < 4.78 is 1.05. The molecule has 0 unspecified atom stereocenters. The molecule has 5 nitrogen and oxygen atoms in total. The third-order valence-corrected chi connectivity index (χ3v) is 3.69. The zero-order chi connectivity index (χ0) is 18.3. The summed E-state index contributed by atoms with van der Waals surface area (Å²) in [7, 11) is 0. The van der Waals surface area contributed by atoms with E-state index in [2.05, 4.69) is 15.9 Å². The number of carboxylic acids is 2. The van der Waals surface area contributed by atoms with E-state index in [9.17, 15) is 14.4 Å². The quantitative estimate of drug-likeness (QED) is 0.820. The van der Waals surface area contributed by atoms with Crippen LogP contribution in [0.3, 0.4) is 0 Å². The number of ketones is 1. The summed E-state index contributed by atoms with van der Waals surface area (Å²) in [5.41, 5.74) is 1.41. The number of carboxylic acid groups (broad SMARTS) is 2. The number of Topliss-reactive ketones (excluding diaryl/α,β-unsaturated/α-hetero) is 1. The maximum Gasteiger partial charge on any atom is 0.335 e. The number of benzene rings is 2. The van der Waals surface area contributed by atoms with Gasteiger partial charge in [0.2, 0.25) is 0 Å². The van der Waals surface area contributed by atoms with Crippen molar-refractivity contribution in [2.45, 2.75) is 20.3 Å². The van der Waals surface area contributed by atoms with Crippen LogP contribution in [0.1, 0.15) is 38.8 Å². The molecule has 24 heavy (non-hydrogen) atoms. The van der Waals surface area contributed by atoms with Crippen LogP contribution in [0.5, 0.6) is 0 Å². The molecule has 0 saturated heterocycles. The smallest absolute Gasteiger partial charge is 0.335 e. The molecule has 0 saturated carbocycles. The summed E-state index contributed by atoms with van der Waals surface area (Å²) in [5, 5.41) is 17.4. The molecule has 0 aromatic heterocycles. The summed E-state index contributed by atoms with van der Waals surface area (Å²) in [6.07, 6.45) is 0.535. The second-order valence-corrected chi connectivity index (χ2v) is 6.01. The third kappa shape index (κ3) is 5.96. The van der Waals surface area contributed by atoms with E-state index in [4.69, 9.17) is 10.2 Å². The minimum atomic E-state index is -1.11. The van der Waals surface area contributed by atoms with E-state index in [-0.39, 0.29) is 22.5 Å². The van der Waals surface area contributed by atoms with Crippen molar-refractivity contribution in [3.63, 3.8) is 0 Å². The Balaban J connectivity index is 0.000000243. The Hall–Kier alpha value is -2.47. The van der Waals surface area contributed by atoms with Crippen molar-refractivity contribution in [3.05, 3.63) is 69.2 Å². The standard InChI is InChI=1S/C9H9BrO.C9H8O4/c1-7(11)6-8-2-4-9(10)5-3-8;1-5-6(8(10)11)3-2-4-7(5)9(12)13/h2-5H,6H2,1H3;2-4H,1H3,(H,10,11)(H,12,13). The predicted molar refractivity (Wildman–Crippen MR) is 93.6 cm³/mol. The normalized spacial score (nSPS) is 9.62. The fourth-order valence-corrected chi connectivity index (χ4v) is 2.25. The highest BCUT2D eigenvalue weighted by Gasteiger charge is 2.13. The summed E-state index contributed by atoms with van der Waals surface area (Å²) in [6, 6.07) is 12.0. The first kappa shape index (κ1) is 19.6. The molecule has 0 heterocycles. The van der Waals surface area contributed by atoms with Crippen LogP contribution in [-0.4, -0.2) is 27.9 Å². The predicted octanol–water partition coefficient (Wildman–Crippen LogP) is 3.97.